The molecule has 1 aliphatic rings. The van der Waals surface area contributed by atoms with E-state index in [2.05, 4.69) is 5.32 Å². The van der Waals surface area contributed by atoms with Crippen molar-refractivity contribution in [1.29, 1.82) is 0 Å². The number of anilines is 1. The lowest BCUT2D eigenvalue weighted by molar-refractivity contribution is -0.138. The monoisotopic (exact) mass is 413 g/mol. The largest absolute Gasteiger partial charge is 0.449 e. The van der Waals surface area contributed by atoms with Gasteiger partial charge in [0.25, 0.3) is 5.91 Å². The van der Waals surface area contributed by atoms with Crippen molar-refractivity contribution >= 4 is 27.6 Å². The average molecular weight is 413 g/mol. The molecular weight excluding hydrogens is 386 g/mol. The van der Waals surface area contributed by atoms with Crippen LogP contribution in [-0.2, 0) is 19.6 Å². The van der Waals surface area contributed by atoms with Crippen LogP contribution in [0.3, 0.4) is 0 Å². The predicted octanol–water partition coefficient (Wildman–Crippen LogP) is 0.509. The molecule has 2 N–H and O–H groups in total. The van der Waals surface area contributed by atoms with Gasteiger partial charge in [0.15, 0.2) is 6.10 Å². The van der Waals surface area contributed by atoms with E-state index in [1.165, 1.54) is 39.2 Å². The topological polar surface area (TPSA) is 116 Å². The van der Waals surface area contributed by atoms with Crippen molar-refractivity contribution in [1.82, 2.24) is 9.21 Å². The molecule has 9 nitrogen and oxygen atoms in total. The van der Waals surface area contributed by atoms with Gasteiger partial charge in [-0.15, -0.1) is 0 Å². The molecule has 0 spiro atoms. The zero-order valence-corrected chi connectivity index (χ0v) is 17.2. The number of hydrogen-bond acceptors (Lipinski definition) is 7. The van der Waals surface area contributed by atoms with Crippen molar-refractivity contribution in [2.45, 2.75) is 30.8 Å². The second-order valence-corrected chi connectivity index (χ2v) is 8.88. The summed E-state index contributed by atoms with van der Waals surface area (Å²) in [6.07, 6.45) is 0.864. The van der Waals surface area contributed by atoms with Gasteiger partial charge in [-0.05, 0) is 38.0 Å². The lowest BCUT2D eigenvalue weighted by Crippen LogP contribution is -2.38. The molecule has 1 aliphatic heterocycles. The molecule has 0 aliphatic carbocycles. The number of sulfonamides is 1. The number of carbonyl (C=O) groups excluding carboxylic acids is 2. The van der Waals surface area contributed by atoms with Crippen LogP contribution in [0, 0.1) is 0 Å². The molecule has 0 aromatic heterocycles. The quantitative estimate of drug-likeness (QED) is 0.597. The highest BCUT2D eigenvalue weighted by molar-refractivity contribution is 7.89. The summed E-state index contributed by atoms with van der Waals surface area (Å²) in [5, 5.41) is 11.9. The zero-order valence-electron chi connectivity index (χ0n) is 16.3. The maximum atomic E-state index is 12.7. The fraction of sp³-hybridized carbons (Fsp3) is 0.556. The second-order valence-electron chi connectivity index (χ2n) is 6.73. The minimum Gasteiger partial charge on any atom is -0.449 e. The Morgan fingerprint density at radius 1 is 1.29 bits per heavy atom. The standard InChI is InChI=1S/C18H27N3O6S/c1-13(17(23)21-9-4-5-10-21)27-18(24)15-12-14(28(25,26)20(2)3)6-7-16(15)19-8-11-22/h6-7,12-13,19,22H,4-5,8-11H2,1-3H3/t13-/m1/s1. The molecule has 156 valence electrons. The van der Waals surface area contributed by atoms with Gasteiger partial charge < -0.3 is 20.1 Å². The van der Waals surface area contributed by atoms with E-state index in [-0.39, 0.29) is 29.5 Å². The molecule has 0 bridgehead atoms. The summed E-state index contributed by atoms with van der Waals surface area (Å²) in [6, 6.07) is 4.02. The first-order valence-electron chi connectivity index (χ1n) is 9.09. The van der Waals surface area contributed by atoms with Crippen molar-refractivity contribution in [2.75, 3.05) is 45.7 Å². The van der Waals surface area contributed by atoms with Gasteiger partial charge in [-0.1, -0.05) is 0 Å². The molecule has 1 aromatic carbocycles. The highest BCUT2D eigenvalue weighted by Gasteiger charge is 2.28. The number of ether oxygens (including phenoxy) is 1. The van der Waals surface area contributed by atoms with Crippen molar-refractivity contribution in [2.24, 2.45) is 0 Å². The van der Waals surface area contributed by atoms with Crippen LogP contribution in [0.5, 0.6) is 0 Å². The lowest BCUT2D eigenvalue weighted by Gasteiger charge is -2.21. The number of aliphatic hydroxyl groups excluding tert-OH is 1. The fourth-order valence-electron chi connectivity index (χ4n) is 2.88. The van der Waals surface area contributed by atoms with Crippen LogP contribution in [0.25, 0.3) is 0 Å². The molecule has 10 heteroatoms. The first kappa shape index (κ1) is 22.1. The molecule has 1 saturated heterocycles. The van der Waals surface area contributed by atoms with Crippen molar-refractivity contribution in [3.05, 3.63) is 23.8 Å². The first-order chi connectivity index (χ1) is 13.2. The molecule has 1 atom stereocenters. The van der Waals surface area contributed by atoms with E-state index in [1.807, 2.05) is 0 Å². The second kappa shape index (κ2) is 9.35. The molecule has 0 saturated carbocycles. The number of esters is 1. The summed E-state index contributed by atoms with van der Waals surface area (Å²) in [5.74, 6) is -1.08. The van der Waals surface area contributed by atoms with Gasteiger partial charge in [0.1, 0.15) is 0 Å². The van der Waals surface area contributed by atoms with Crippen LogP contribution in [0.1, 0.15) is 30.1 Å². The van der Waals surface area contributed by atoms with Crippen LogP contribution >= 0.6 is 0 Å². The van der Waals surface area contributed by atoms with Gasteiger partial charge >= 0.3 is 5.97 Å². The highest BCUT2D eigenvalue weighted by Crippen LogP contribution is 2.24. The van der Waals surface area contributed by atoms with Crippen molar-refractivity contribution in [3.63, 3.8) is 0 Å². The SMILES string of the molecule is C[C@@H](OC(=O)c1cc(S(=O)(=O)N(C)C)ccc1NCCO)C(=O)N1CCCC1. The Morgan fingerprint density at radius 3 is 2.50 bits per heavy atom. The molecule has 2 rings (SSSR count). The maximum absolute atomic E-state index is 12.7. The number of nitrogens with zero attached hydrogens (tertiary/aromatic N) is 2. The lowest BCUT2D eigenvalue weighted by atomic mass is 10.1. The third-order valence-corrected chi connectivity index (χ3v) is 6.28. The van der Waals surface area contributed by atoms with Gasteiger partial charge in [0.05, 0.1) is 17.1 Å². The molecule has 1 fully saturated rings. The van der Waals surface area contributed by atoms with E-state index in [9.17, 15) is 18.0 Å². The van der Waals surface area contributed by atoms with Crippen LogP contribution < -0.4 is 5.32 Å². The van der Waals surface area contributed by atoms with Gasteiger partial charge in [-0.3, -0.25) is 4.79 Å². The summed E-state index contributed by atoms with van der Waals surface area (Å²) < 4.78 is 31.1. The van der Waals surface area contributed by atoms with E-state index < -0.39 is 22.1 Å². The normalized spacial score (nSPS) is 15.5. The molecule has 1 heterocycles. The molecule has 0 radical (unpaired) electrons. The van der Waals surface area contributed by atoms with E-state index in [0.29, 0.717) is 18.8 Å². The molecule has 1 aromatic rings. The minimum atomic E-state index is -3.75. The Labute approximate surface area is 165 Å². The smallest absolute Gasteiger partial charge is 0.341 e. The van der Waals surface area contributed by atoms with E-state index in [4.69, 9.17) is 9.84 Å². The van der Waals surface area contributed by atoms with E-state index in [1.54, 1.807) is 4.90 Å². The molecule has 1 amide bonds. The third kappa shape index (κ3) is 5.00. The Morgan fingerprint density at radius 2 is 1.93 bits per heavy atom. The first-order valence-corrected chi connectivity index (χ1v) is 10.5. The molecule has 28 heavy (non-hydrogen) atoms. The van der Waals surface area contributed by atoms with E-state index >= 15 is 0 Å². The molecule has 0 unspecified atom stereocenters. The number of hydrogen-bond donors (Lipinski definition) is 2. The summed E-state index contributed by atoms with van der Waals surface area (Å²) in [6.45, 7) is 2.78. The number of benzene rings is 1. The predicted molar refractivity (Wildman–Crippen MR) is 104 cm³/mol. The third-order valence-electron chi connectivity index (χ3n) is 4.47. The number of amides is 1. The number of carbonyl (C=O) groups is 2. The van der Waals surface area contributed by atoms with Gasteiger partial charge in [-0.25, -0.2) is 17.5 Å². The summed E-state index contributed by atoms with van der Waals surface area (Å²) >= 11 is 0. The number of rotatable bonds is 8. The molecular formula is C18H27N3O6S. The Bertz CT molecular complexity index is 819. The Hall–Kier alpha value is -2.17. The zero-order chi connectivity index (χ0) is 20.9. The van der Waals surface area contributed by atoms with E-state index in [0.717, 1.165) is 17.1 Å². The summed E-state index contributed by atoms with van der Waals surface area (Å²) in [4.78, 5) is 26.7. The highest BCUT2D eigenvalue weighted by atomic mass is 32.2. The van der Waals surface area contributed by atoms with Crippen LogP contribution in [0.2, 0.25) is 0 Å². The van der Waals surface area contributed by atoms with Crippen LogP contribution in [-0.4, -0.2) is 81.0 Å². The van der Waals surface area contributed by atoms with Crippen molar-refractivity contribution in [3.8, 4) is 0 Å². The summed E-state index contributed by atoms with van der Waals surface area (Å²) in [5.41, 5.74) is 0.301. The minimum absolute atomic E-state index is 0.0163. The van der Waals surface area contributed by atoms with Crippen LogP contribution in [0.15, 0.2) is 23.1 Å². The Balaban J connectivity index is 2.28. The number of aliphatic hydroxyl groups is 1. The number of likely N-dealkylation sites (tertiary alicyclic amines) is 1. The van der Waals surface area contributed by atoms with Crippen LogP contribution in [0.4, 0.5) is 5.69 Å². The van der Waals surface area contributed by atoms with Gasteiger partial charge in [0, 0.05) is 39.4 Å². The number of nitrogens with one attached hydrogen (secondary N) is 1. The fourth-order valence-corrected chi connectivity index (χ4v) is 3.81. The summed E-state index contributed by atoms with van der Waals surface area (Å²) in [7, 11) is -0.973. The van der Waals surface area contributed by atoms with Crippen molar-refractivity contribution < 1.29 is 27.9 Å². The Kier molecular flexibility index (Phi) is 7.39. The van der Waals surface area contributed by atoms with Gasteiger partial charge in [-0.2, -0.15) is 0 Å². The van der Waals surface area contributed by atoms with Gasteiger partial charge in [0.2, 0.25) is 10.0 Å². The maximum Gasteiger partial charge on any atom is 0.341 e. The average Bonchev–Trinajstić information content (AvgIpc) is 3.19.